The van der Waals surface area contributed by atoms with Gasteiger partial charge in [0, 0.05) is 18.8 Å². The van der Waals surface area contributed by atoms with E-state index in [-0.39, 0.29) is 0 Å². The summed E-state index contributed by atoms with van der Waals surface area (Å²) in [5.41, 5.74) is 0. The average Bonchev–Trinajstić information content (AvgIpc) is 2.18. The van der Waals surface area contributed by atoms with Gasteiger partial charge in [0.2, 0.25) is 0 Å². The van der Waals surface area contributed by atoms with Crippen LogP contribution >= 0.6 is 24.0 Å². The van der Waals surface area contributed by atoms with E-state index in [9.17, 15) is 0 Å². The lowest BCUT2D eigenvalue weighted by Gasteiger charge is -2.21. The second kappa shape index (κ2) is 3.76. The summed E-state index contributed by atoms with van der Waals surface area (Å²) in [6, 6.07) is 0.687. The maximum atomic E-state index is 5.16. The fraction of sp³-hybridized carbons (Fsp3) is 0.875. The van der Waals surface area contributed by atoms with Crippen molar-refractivity contribution in [3.05, 3.63) is 0 Å². The highest BCUT2D eigenvalue weighted by Gasteiger charge is 2.25. The van der Waals surface area contributed by atoms with E-state index in [0.29, 0.717) is 6.04 Å². The van der Waals surface area contributed by atoms with Gasteiger partial charge in [-0.25, -0.2) is 0 Å². The molecule has 0 N–H and O–H groups in total. The normalized spacial score (nSPS) is 25.3. The quantitative estimate of drug-likeness (QED) is 0.614. The molecule has 0 bridgehead atoms. The van der Waals surface area contributed by atoms with Crippen molar-refractivity contribution in [2.75, 3.05) is 12.8 Å². The standard InChI is InChI=1S/C8H15NS2/c1-6(2)4-7-5-11-8(10)9(7)3/h6-7H,4-5H2,1-3H3. The molecule has 1 fully saturated rings. The SMILES string of the molecule is CC(C)CC1CSC(=S)N1C. The minimum atomic E-state index is 0.687. The predicted molar refractivity (Wildman–Crippen MR) is 56.1 cm³/mol. The summed E-state index contributed by atoms with van der Waals surface area (Å²) in [6.45, 7) is 4.53. The first-order valence-corrected chi connectivity index (χ1v) is 5.40. The van der Waals surface area contributed by atoms with Gasteiger partial charge in [0.15, 0.2) is 0 Å². The number of thioether (sulfide) groups is 1. The summed E-state index contributed by atoms with van der Waals surface area (Å²) in [5, 5.41) is 0. The fourth-order valence-corrected chi connectivity index (χ4v) is 2.70. The molecule has 0 aliphatic carbocycles. The topological polar surface area (TPSA) is 3.24 Å². The lowest BCUT2D eigenvalue weighted by atomic mass is 10.0. The van der Waals surface area contributed by atoms with E-state index in [0.717, 1.165) is 10.2 Å². The Balaban J connectivity index is 2.42. The molecule has 1 unspecified atom stereocenters. The van der Waals surface area contributed by atoms with E-state index in [1.807, 2.05) is 11.8 Å². The van der Waals surface area contributed by atoms with E-state index >= 15 is 0 Å². The minimum absolute atomic E-state index is 0.687. The molecule has 1 rings (SSSR count). The molecule has 1 aliphatic heterocycles. The zero-order valence-corrected chi connectivity index (χ0v) is 8.97. The lowest BCUT2D eigenvalue weighted by molar-refractivity contribution is 0.355. The molecule has 1 nitrogen and oxygen atoms in total. The molecule has 0 amide bonds. The molecule has 1 atom stereocenters. The summed E-state index contributed by atoms with van der Waals surface area (Å²) in [6.07, 6.45) is 1.27. The van der Waals surface area contributed by atoms with Crippen LogP contribution in [-0.4, -0.2) is 28.1 Å². The Hall–Kier alpha value is 0.240. The van der Waals surface area contributed by atoms with E-state index in [4.69, 9.17) is 12.2 Å². The van der Waals surface area contributed by atoms with Gasteiger partial charge in [0.05, 0.1) is 0 Å². The third kappa shape index (κ3) is 2.34. The molecule has 0 spiro atoms. The highest BCUT2D eigenvalue weighted by Crippen LogP contribution is 2.26. The number of nitrogens with zero attached hydrogens (tertiary/aromatic N) is 1. The Labute approximate surface area is 78.5 Å². The van der Waals surface area contributed by atoms with Crippen LogP contribution in [-0.2, 0) is 0 Å². The van der Waals surface area contributed by atoms with Crippen molar-refractivity contribution in [2.24, 2.45) is 5.92 Å². The molecule has 1 heterocycles. The molecule has 3 heteroatoms. The largest absolute Gasteiger partial charge is 0.357 e. The Kier molecular flexibility index (Phi) is 3.19. The maximum Gasteiger partial charge on any atom is 0.136 e. The third-order valence-electron chi connectivity index (χ3n) is 1.98. The van der Waals surface area contributed by atoms with Crippen LogP contribution in [0, 0.1) is 5.92 Å². The van der Waals surface area contributed by atoms with Crippen LogP contribution in [0.4, 0.5) is 0 Å². The molecule has 0 aromatic heterocycles. The number of hydrogen-bond donors (Lipinski definition) is 0. The van der Waals surface area contributed by atoms with Gasteiger partial charge >= 0.3 is 0 Å². The third-order valence-corrected chi connectivity index (χ3v) is 3.71. The van der Waals surface area contributed by atoms with Crippen LogP contribution in [0.5, 0.6) is 0 Å². The Morgan fingerprint density at radius 1 is 1.73 bits per heavy atom. The highest BCUT2D eigenvalue weighted by atomic mass is 32.2. The van der Waals surface area contributed by atoms with E-state index in [1.165, 1.54) is 12.2 Å². The minimum Gasteiger partial charge on any atom is -0.357 e. The zero-order chi connectivity index (χ0) is 8.43. The van der Waals surface area contributed by atoms with E-state index in [2.05, 4.69) is 25.8 Å². The van der Waals surface area contributed by atoms with Crippen LogP contribution in [0.1, 0.15) is 20.3 Å². The van der Waals surface area contributed by atoms with Crippen LogP contribution < -0.4 is 0 Å². The van der Waals surface area contributed by atoms with Crippen molar-refractivity contribution in [2.45, 2.75) is 26.3 Å². The Bertz CT molecular complexity index is 156. The molecule has 1 saturated heterocycles. The Morgan fingerprint density at radius 2 is 2.36 bits per heavy atom. The summed E-state index contributed by atoms with van der Waals surface area (Å²) in [5.74, 6) is 1.97. The number of rotatable bonds is 2. The van der Waals surface area contributed by atoms with Gasteiger partial charge in [-0.1, -0.05) is 37.8 Å². The summed E-state index contributed by atoms with van der Waals surface area (Å²) < 4.78 is 1.07. The van der Waals surface area contributed by atoms with Gasteiger partial charge < -0.3 is 4.90 Å². The first-order chi connectivity index (χ1) is 5.11. The van der Waals surface area contributed by atoms with Crippen LogP contribution in [0.3, 0.4) is 0 Å². The predicted octanol–water partition coefficient (Wildman–Crippen LogP) is 2.36. The van der Waals surface area contributed by atoms with Gasteiger partial charge in [0.1, 0.15) is 4.32 Å². The van der Waals surface area contributed by atoms with Crippen LogP contribution in [0.2, 0.25) is 0 Å². The second-order valence-corrected chi connectivity index (χ2v) is 5.13. The van der Waals surface area contributed by atoms with Gasteiger partial charge in [0.25, 0.3) is 0 Å². The van der Waals surface area contributed by atoms with Crippen LogP contribution in [0.25, 0.3) is 0 Å². The fourth-order valence-electron chi connectivity index (χ4n) is 1.30. The van der Waals surface area contributed by atoms with Crippen molar-refractivity contribution in [1.82, 2.24) is 4.90 Å². The van der Waals surface area contributed by atoms with Gasteiger partial charge in [-0.05, 0) is 12.3 Å². The molecular formula is C8H15NS2. The molecular weight excluding hydrogens is 174 g/mol. The van der Waals surface area contributed by atoms with Gasteiger partial charge in [-0.3, -0.25) is 0 Å². The Morgan fingerprint density at radius 3 is 2.73 bits per heavy atom. The number of thiocarbonyl (C=S) groups is 1. The molecule has 1 aliphatic rings. The van der Waals surface area contributed by atoms with Crippen molar-refractivity contribution in [1.29, 1.82) is 0 Å². The smallest absolute Gasteiger partial charge is 0.136 e. The first kappa shape index (κ1) is 9.33. The molecule has 0 saturated carbocycles. The van der Waals surface area contributed by atoms with Gasteiger partial charge in [-0.2, -0.15) is 0 Å². The van der Waals surface area contributed by atoms with Crippen molar-refractivity contribution >= 4 is 28.3 Å². The van der Waals surface area contributed by atoms with Crippen molar-refractivity contribution in [3.63, 3.8) is 0 Å². The monoisotopic (exact) mass is 189 g/mol. The summed E-state index contributed by atoms with van der Waals surface area (Å²) >= 11 is 6.97. The second-order valence-electron chi connectivity index (χ2n) is 3.47. The lowest BCUT2D eigenvalue weighted by Crippen LogP contribution is -2.30. The molecule has 64 valence electrons. The molecule has 0 radical (unpaired) electrons. The van der Waals surface area contributed by atoms with Crippen molar-refractivity contribution < 1.29 is 0 Å². The van der Waals surface area contributed by atoms with Gasteiger partial charge in [-0.15, -0.1) is 0 Å². The summed E-state index contributed by atoms with van der Waals surface area (Å²) in [4.78, 5) is 2.24. The maximum absolute atomic E-state index is 5.16. The molecule has 11 heavy (non-hydrogen) atoms. The van der Waals surface area contributed by atoms with Crippen molar-refractivity contribution in [3.8, 4) is 0 Å². The van der Waals surface area contributed by atoms with E-state index in [1.54, 1.807) is 0 Å². The van der Waals surface area contributed by atoms with Crippen LogP contribution in [0.15, 0.2) is 0 Å². The average molecular weight is 189 g/mol. The zero-order valence-electron chi connectivity index (χ0n) is 7.33. The highest BCUT2D eigenvalue weighted by molar-refractivity contribution is 8.23. The molecule has 0 aromatic rings. The number of hydrogen-bond acceptors (Lipinski definition) is 2. The first-order valence-electron chi connectivity index (χ1n) is 4.01. The summed E-state index contributed by atoms with van der Waals surface area (Å²) in [7, 11) is 2.11. The van der Waals surface area contributed by atoms with E-state index < -0.39 is 0 Å². The molecule has 0 aromatic carbocycles.